The Kier molecular flexibility index (Phi) is 5.37. The van der Waals surface area contributed by atoms with Crippen molar-refractivity contribution in [3.05, 3.63) is 77.8 Å². The van der Waals surface area contributed by atoms with Crippen LogP contribution >= 0.6 is 11.6 Å². The zero-order chi connectivity index (χ0) is 15.2. The normalized spacial score (nSPS) is 12.8. The molecule has 0 amide bonds. The van der Waals surface area contributed by atoms with E-state index < -0.39 is 10.8 Å². The number of hydrogen-bond donors (Lipinski definition) is 0. The van der Waals surface area contributed by atoms with Crippen molar-refractivity contribution in [3.8, 4) is 5.75 Å². The largest absolute Gasteiger partial charge is 0.497 e. The summed E-state index contributed by atoms with van der Waals surface area (Å²) in [4.78, 5) is 1.39. The van der Waals surface area contributed by atoms with Gasteiger partial charge < -0.3 is 4.74 Å². The van der Waals surface area contributed by atoms with Crippen LogP contribution in [0, 0.1) is 0 Å². The van der Waals surface area contributed by atoms with Gasteiger partial charge in [-0.2, -0.15) is 0 Å². The summed E-state index contributed by atoms with van der Waals surface area (Å²) in [7, 11) is 0.314. The third-order valence-corrected chi connectivity index (χ3v) is 4.59. The molecule has 0 heterocycles. The topological polar surface area (TPSA) is 26.3 Å². The highest BCUT2D eigenvalue weighted by molar-refractivity contribution is 7.94. The van der Waals surface area contributed by atoms with Gasteiger partial charge >= 0.3 is 0 Å². The zero-order valence-electron chi connectivity index (χ0n) is 11.6. The lowest BCUT2D eigenvalue weighted by Crippen LogP contribution is -1.96. The summed E-state index contributed by atoms with van der Waals surface area (Å²) in [6, 6.07) is 14.4. The van der Waals surface area contributed by atoms with Crippen molar-refractivity contribution in [2.24, 2.45) is 0 Å². The van der Waals surface area contributed by atoms with Crippen LogP contribution in [0.15, 0.2) is 72.2 Å². The summed E-state index contributed by atoms with van der Waals surface area (Å²) in [5.74, 6) is 0.758. The minimum Gasteiger partial charge on any atom is -0.497 e. The van der Waals surface area contributed by atoms with Crippen molar-refractivity contribution < 1.29 is 8.95 Å². The number of benzene rings is 2. The van der Waals surface area contributed by atoms with E-state index in [1.165, 1.54) is 0 Å². The van der Waals surface area contributed by atoms with Crippen LogP contribution in [-0.2, 0) is 10.8 Å². The predicted molar refractivity (Wildman–Crippen MR) is 89.0 cm³/mol. The Hall–Kier alpha value is -1.84. The lowest BCUT2D eigenvalue weighted by Gasteiger charge is -2.09. The molecule has 4 heteroatoms. The van der Waals surface area contributed by atoms with E-state index in [4.69, 9.17) is 16.3 Å². The fraction of sp³-hybridized carbons (Fsp3) is 0.0588. The van der Waals surface area contributed by atoms with Gasteiger partial charge in [0.1, 0.15) is 5.75 Å². The quantitative estimate of drug-likeness (QED) is 0.748. The molecule has 0 radical (unpaired) electrons. The molecule has 0 spiro atoms. The minimum absolute atomic E-state index is 0.620. The second-order valence-electron chi connectivity index (χ2n) is 4.22. The van der Waals surface area contributed by atoms with E-state index in [9.17, 15) is 4.21 Å². The fourth-order valence-electron chi connectivity index (χ4n) is 1.81. The van der Waals surface area contributed by atoms with E-state index in [2.05, 4.69) is 6.58 Å². The highest BCUT2D eigenvalue weighted by atomic mass is 35.5. The van der Waals surface area contributed by atoms with Crippen molar-refractivity contribution >= 4 is 27.3 Å². The molecule has 21 heavy (non-hydrogen) atoms. The summed E-state index contributed by atoms with van der Waals surface area (Å²) >= 11 is 5.86. The summed E-state index contributed by atoms with van der Waals surface area (Å²) in [6.45, 7) is 3.69. The molecule has 0 aromatic heterocycles. The van der Waals surface area contributed by atoms with Crippen LogP contribution in [0.4, 0.5) is 0 Å². The first-order chi connectivity index (χ1) is 10.2. The fourth-order valence-corrected chi connectivity index (χ4v) is 3.15. The third kappa shape index (κ3) is 3.84. The van der Waals surface area contributed by atoms with Crippen molar-refractivity contribution in [2.45, 2.75) is 4.90 Å². The maximum atomic E-state index is 12.7. The summed E-state index contributed by atoms with van der Waals surface area (Å²) in [5.41, 5.74) is 0.865. The van der Waals surface area contributed by atoms with Crippen molar-refractivity contribution in [1.82, 2.24) is 0 Å². The molecule has 0 aliphatic rings. The average molecular weight is 319 g/mol. The van der Waals surface area contributed by atoms with Crippen LogP contribution in [0.1, 0.15) is 5.56 Å². The van der Waals surface area contributed by atoms with E-state index in [1.54, 1.807) is 43.5 Å². The first-order valence-electron chi connectivity index (χ1n) is 6.30. The maximum absolute atomic E-state index is 12.7. The van der Waals surface area contributed by atoms with E-state index in [-0.39, 0.29) is 0 Å². The minimum atomic E-state index is -1.30. The van der Waals surface area contributed by atoms with Crippen molar-refractivity contribution in [1.29, 1.82) is 0 Å². The molecule has 2 rings (SSSR count). The summed E-state index contributed by atoms with van der Waals surface area (Å²) in [5, 5.41) is 0.620. The van der Waals surface area contributed by atoms with E-state index in [0.717, 1.165) is 11.3 Å². The van der Waals surface area contributed by atoms with E-state index >= 15 is 0 Å². The number of methoxy groups -OCH3 is 1. The molecule has 2 aromatic carbocycles. The molecule has 0 fully saturated rings. The third-order valence-electron chi connectivity index (χ3n) is 2.87. The molecule has 0 unspecified atom stereocenters. The number of rotatable bonds is 5. The van der Waals surface area contributed by atoms with Gasteiger partial charge in [-0.3, -0.25) is 0 Å². The zero-order valence-corrected chi connectivity index (χ0v) is 13.2. The first kappa shape index (κ1) is 15.5. The Labute approximate surface area is 132 Å². The standard InChI is InChI=1S/C17H15ClO2S/c1-3-4-17(13-5-9-15(20-2)10-6-13)21(19)16-11-7-14(18)8-12-16/h3-12H,1H2,2H3/b17-4-/t21-/m0/s1. The van der Waals surface area contributed by atoms with Crippen LogP contribution in [0.25, 0.3) is 4.91 Å². The molecule has 0 saturated carbocycles. The van der Waals surface area contributed by atoms with Gasteiger partial charge in [-0.25, -0.2) is 4.21 Å². The van der Waals surface area contributed by atoms with Gasteiger partial charge in [-0.05, 0) is 48.0 Å². The highest BCUT2D eigenvalue weighted by Crippen LogP contribution is 2.26. The van der Waals surface area contributed by atoms with Crippen LogP contribution in [-0.4, -0.2) is 11.3 Å². The van der Waals surface area contributed by atoms with Crippen molar-refractivity contribution in [3.63, 3.8) is 0 Å². The monoisotopic (exact) mass is 318 g/mol. The second kappa shape index (κ2) is 7.25. The van der Waals surface area contributed by atoms with Gasteiger partial charge in [-0.15, -0.1) is 0 Å². The maximum Gasteiger partial charge on any atom is 0.118 e. The Morgan fingerprint density at radius 3 is 2.29 bits per heavy atom. The van der Waals surface area contributed by atoms with E-state index in [1.807, 2.05) is 24.3 Å². The summed E-state index contributed by atoms with van der Waals surface area (Å²) in [6.07, 6.45) is 3.39. The van der Waals surface area contributed by atoms with Crippen LogP contribution < -0.4 is 4.74 Å². The Bertz CT molecular complexity index is 673. The highest BCUT2D eigenvalue weighted by Gasteiger charge is 2.12. The van der Waals surface area contributed by atoms with Gasteiger partial charge in [0.2, 0.25) is 0 Å². The molecule has 0 aliphatic heterocycles. The van der Waals surface area contributed by atoms with Gasteiger partial charge in [0.15, 0.2) is 0 Å². The molecule has 0 saturated heterocycles. The van der Waals surface area contributed by atoms with E-state index in [0.29, 0.717) is 14.8 Å². The Morgan fingerprint density at radius 2 is 1.76 bits per heavy atom. The van der Waals surface area contributed by atoms with Crippen LogP contribution in [0.2, 0.25) is 5.02 Å². The molecule has 0 bridgehead atoms. The summed E-state index contributed by atoms with van der Waals surface area (Å²) < 4.78 is 17.9. The molecule has 0 N–H and O–H groups in total. The lowest BCUT2D eigenvalue weighted by atomic mass is 10.2. The van der Waals surface area contributed by atoms with Gasteiger partial charge in [0.05, 0.1) is 22.8 Å². The first-order valence-corrected chi connectivity index (χ1v) is 7.83. The molecule has 1 atom stereocenters. The number of halogens is 1. The van der Waals surface area contributed by atoms with Gasteiger partial charge in [0, 0.05) is 9.92 Å². The second-order valence-corrected chi connectivity index (χ2v) is 6.10. The SMILES string of the molecule is C=C/C=C(/c1ccc(OC)cc1)[S@@](=O)c1ccc(Cl)cc1. The smallest absolute Gasteiger partial charge is 0.118 e. The van der Waals surface area contributed by atoms with Crippen LogP contribution in [0.3, 0.4) is 0 Å². The van der Waals surface area contributed by atoms with Crippen molar-refractivity contribution in [2.75, 3.05) is 7.11 Å². The molecule has 0 aliphatic carbocycles. The average Bonchev–Trinajstić information content (AvgIpc) is 2.53. The Balaban J connectivity index is 2.38. The van der Waals surface area contributed by atoms with Gasteiger partial charge in [0.25, 0.3) is 0 Å². The molecular weight excluding hydrogens is 304 g/mol. The molecular formula is C17H15ClO2S. The molecule has 108 valence electrons. The van der Waals surface area contributed by atoms with Gasteiger partial charge in [-0.1, -0.05) is 36.4 Å². The lowest BCUT2D eigenvalue weighted by molar-refractivity contribution is 0.415. The van der Waals surface area contributed by atoms with Crippen LogP contribution in [0.5, 0.6) is 5.75 Å². The number of ether oxygens (including phenoxy) is 1. The number of allylic oxidation sites excluding steroid dienone is 2. The molecule has 2 aromatic rings. The molecule has 2 nitrogen and oxygen atoms in total. The number of hydrogen-bond acceptors (Lipinski definition) is 2. The Morgan fingerprint density at radius 1 is 1.14 bits per heavy atom. The predicted octanol–water partition coefficient (Wildman–Crippen LogP) is 4.68.